The summed E-state index contributed by atoms with van der Waals surface area (Å²) >= 11 is 0. The van der Waals surface area contributed by atoms with Gasteiger partial charge in [0.25, 0.3) is 0 Å². The molecule has 0 spiro atoms. The summed E-state index contributed by atoms with van der Waals surface area (Å²) in [5.41, 5.74) is 5.24. The first-order valence-corrected chi connectivity index (χ1v) is 15.5. The van der Waals surface area contributed by atoms with Crippen molar-refractivity contribution in [3.8, 4) is 0 Å². The first kappa shape index (κ1) is 27.7. The van der Waals surface area contributed by atoms with Crippen LogP contribution < -0.4 is 0 Å². The van der Waals surface area contributed by atoms with Gasteiger partial charge in [0.1, 0.15) is 5.82 Å². The summed E-state index contributed by atoms with van der Waals surface area (Å²) in [6.45, 7) is 10.9. The van der Waals surface area contributed by atoms with Crippen molar-refractivity contribution in [2.24, 2.45) is 16.0 Å². The van der Waals surface area contributed by atoms with Gasteiger partial charge in [-0.05, 0) is 62.2 Å². The molecular formula is C33H47N5O. The predicted octanol–water partition coefficient (Wildman–Crippen LogP) is 7.39. The Labute approximate surface area is 235 Å². The molecule has 6 heteroatoms. The number of amides is 2. The molecule has 0 aromatic heterocycles. The minimum atomic E-state index is 0.0758. The van der Waals surface area contributed by atoms with Gasteiger partial charge in [0.05, 0.1) is 11.8 Å². The lowest BCUT2D eigenvalue weighted by atomic mass is 9.85. The average molecular weight is 530 g/mol. The maximum Gasteiger partial charge on any atom is 0.340 e. The van der Waals surface area contributed by atoms with Gasteiger partial charge in [-0.15, -0.1) is 0 Å². The molecule has 2 amide bonds. The minimum Gasteiger partial charge on any atom is -0.353 e. The summed E-state index contributed by atoms with van der Waals surface area (Å²) in [6.07, 6.45) is 27.3. The molecule has 1 saturated heterocycles. The van der Waals surface area contributed by atoms with Crippen molar-refractivity contribution in [3.05, 3.63) is 60.0 Å². The summed E-state index contributed by atoms with van der Waals surface area (Å²) < 4.78 is 0. The number of carbonyl (C=O) groups excluding carboxylic acids is 1. The van der Waals surface area contributed by atoms with E-state index in [2.05, 4.69) is 29.2 Å². The quantitative estimate of drug-likeness (QED) is 0.266. The van der Waals surface area contributed by atoms with Crippen LogP contribution >= 0.6 is 0 Å². The van der Waals surface area contributed by atoms with Crippen molar-refractivity contribution < 1.29 is 4.79 Å². The fourth-order valence-corrected chi connectivity index (χ4v) is 7.06. The molecule has 2 heterocycles. The van der Waals surface area contributed by atoms with Crippen LogP contribution in [0.3, 0.4) is 0 Å². The van der Waals surface area contributed by atoms with E-state index in [4.69, 9.17) is 4.99 Å². The summed E-state index contributed by atoms with van der Waals surface area (Å²) in [5.74, 6) is 1.46. The Hall–Kier alpha value is -2.89. The van der Waals surface area contributed by atoms with Crippen molar-refractivity contribution in [1.29, 1.82) is 0 Å². The number of allylic oxidation sites excluding steroid dienone is 7. The van der Waals surface area contributed by atoms with E-state index in [-0.39, 0.29) is 12.1 Å². The largest absolute Gasteiger partial charge is 0.353 e. The van der Waals surface area contributed by atoms with E-state index in [1.54, 1.807) is 0 Å². The molecule has 1 unspecified atom stereocenters. The molecule has 2 aliphatic heterocycles. The van der Waals surface area contributed by atoms with Crippen LogP contribution in [0, 0.1) is 5.92 Å². The number of hydrazone groups is 1. The maximum atomic E-state index is 13.7. The lowest BCUT2D eigenvalue weighted by Crippen LogP contribution is -2.53. The second-order valence-electron chi connectivity index (χ2n) is 11.8. The summed E-state index contributed by atoms with van der Waals surface area (Å²) in [7, 11) is 0. The number of aliphatic imine (C=N–C) groups is 1. The first-order valence-electron chi connectivity index (χ1n) is 15.5. The van der Waals surface area contributed by atoms with E-state index in [9.17, 15) is 4.79 Å². The highest BCUT2D eigenvalue weighted by atomic mass is 16.2. The number of hydrogen-bond donors (Lipinski definition) is 0. The lowest BCUT2D eigenvalue weighted by molar-refractivity contribution is 0.0994. The Morgan fingerprint density at radius 3 is 2.28 bits per heavy atom. The van der Waals surface area contributed by atoms with Crippen molar-refractivity contribution in [2.75, 3.05) is 26.2 Å². The average Bonchev–Trinajstić information content (AvgIpc) is 3.57. The summed E-state index contributed by atoms with van der Waals surface area (Å²) in [6, 6.07) is 0.298. The van der Waals surface area contributed by atoms with Crippen molar-refractivity contribution in [2.45, 2.75) is 95.9 Å². The summed E-state index contributed by atoms with van der Waals surface area (Å²) in [4.78, 5) is 23.0. The fourth-order valence-electron chi connectivity index (χ4n) is 7.06. The molecule has 6 nitrogen and oxygen atoms in total. The highest BCUT2D eigenvalue weighted by Gasteiger charge is 2.36. The molecule has 2 saturated carbocycles. The molecule has 39 heavy (non-hydrogen) atoms. The number of carbonyl (C=O) groups is 1. The third-order valence-corrected chi connectivity index (χ3v) is 9.25. The normalized spacial score (nSPS) is 25.7. The molecule has 0 radical (unpaired) electrons. The predicted molar refractivity (Wildman–Crippen MR) is 162 cm³/mol. The molecule has 0 N–H and O–H groups in total. The van der Waals surface area contributed by atoms with E-state index in [0.717, 1.165) is 43.9 Å². The SMILES string of the molecule is C=C/C=C(\N=C(C=C)C1=C2CCCC(=C1)C2)N1CCN(C(=O)N2N=CCC2C2CCCCCCCCC2)CC1. The number of fused-ring (bicyclic) bond motifs is 2. The van der Waals surface area contributed by atoms with Crippen LogP contribution in [0.2, 0.25) is 0 Å². The molecule has 3 aliphatic carbocycles. The van der Waals surface area contributed by atoms with Crippen LogP contribution in [-0.4, -0.2) is 65.0 Å². The Morgan fingerprint density at radius 2 is 1.62 bits per heavy atom. The van der Waals surface area contributed by atoms with Gasteiger partial charge in [-0.3, -0.25) is 0 Å². The number of piperazine rings is 1. The highest BCUT2D eigenvalue weighted by molar-refractivity contribution is 6.11. The van der Waals surface area contributed by atoms with Crippen LogP contribution in [0.15, 0.2) is 70.1 Å². The van der Waals surface area contributed by atoms with Crippen LogP contribution in [0.1, 0.15) is 89.9 Å². The fraction of sp³-hybridized carbons (Fsp3) is 0.606. The van der Waals surface area contributed by atoms with Crippen LogP contribution in [0.25, 0.3) is 0 Å². The van der Waals surface area contributed by atoms with Gasteiger partial charge in [0.15, 0.2) is 0 Å². The van der Waals surface area contributed by atoms with E-state index in [0.29, 0.717) is 19.0 Å². The number of urea groups is 1. The molecule has 0 aromatic rings. The molecule has 2 bridgehead atoms. The molecule has 0 aromatic carbocycles. The van der Waals surface area contributed by atoms with Crippen molar-refractivity contribution in [3.63, 3.8) is 0 Å². The van der Waals surface area contributed by atoms with Crippen LogP contribution in [-0.2, 0) is 0 Å². The van der Waals surface area contributed by atoms with Gasteiger partial charge in [-0.1, -0.05) is 81.4 Å². The van der Waals surface area contributed by atoms with Gasteiger partial charge in [0.2, 0.25) is 0 Å². The standard InChI is InChI=1S/C33H47N5O/c1-3-13-32(35-30(4-2)29-25-26-14-12-17-28(29)24-26)36-20-22-37(23-21-36)33(39)38-31(18-19-34-38)27-15-10-8-6-5-7-9-11-16-27/h3-4,13,19,25,27,31H,1-2,5-12,14-18,20-24H2/b32-13+,35-30?. The lowest BCUT2D eigenvalue weighted by Gasteiger charge is -2.39. The first-order chi connectivity index (χ1) is 19.2. The Bertz CT molecular complexity index is 1060. The topological polar surface area (TPSA) is 51.5 Å². The molecule has 5 rings (SSSR count). The minimum absolute atomic E-state index is 0.0758. The zero-order chi connectivity index (χ0) is 27.0. The molecule has 3 fully saturated rings. The van der Waals surface area contributed by atoms with Crippen LogP contribution in [0.4, 0.5) is 4.79 Å². The molecule has 210 valence electrons. The van der Waals surface area contributed by atoms with E-state index >= 15 is 0 Å². The third kappa shape index (κ3) is 6.64. The van der Waals surface area contributed by atoms with E-state index in [1.165, 1.54) is 87.3 Å². The van der Waals surface area contributed by atoms with Crippen LogP contribution in [0.5, 0.6) is 0 Å². The second-order valence-corrected chi connectivity index (χ2v) is 11.8. The number of hydrogen-bond acceptors (Lipinski definition) is 4. The monoisotopic (exact) mass is 529 g/mol. The van der Waals surface area contributed by atoms with Crippen molar-refractivity contribution >= 4 is 18.0 Å². The Kier molecular flexibility index (Phi) is 9.54. The molecule has 1 atom stereocenters. The van der Waals surface area contributed by atoms with E-state index < -0.39 is 0 Å². The zero-order valence-corrected chi connectivity index (χ0v) is 23.8. The van der Waals surface area contributed by atoms with E-state index in [1.807, 2.05) is 34.4 Å². The summed E-state index contributed by atoms with van der Waals surface area (Å²) in [5, 5.41) is 6.44. The third-order valence-electron chi connectivity index (χ3n) is 9.25. The Morgan fingerprint density at radius 1 is 0.923 bits per heavy atom. The van der Waals surface area contributed by atoms with Gasteiger partial charge in [-0.25, -0.2) is 14.8 Å². The highest BCUT2D eigenvalue weighted by Crippen LogP contribution is 2.38. The van der Waals surface area contributed by atoms with Gasteiger partial charge >= 0.3 is 6.03 Å². The number of rotatable bonds is 6. The van der Waals surface area contributed by atoms with Gasteiger partial charge in [0, 0.05) is 38.8 Å². The zero-order valence-electron chi connectivity index (χ0n) is 23.8. The second kappa shape index (κ2) is 13.5. The molecular weight excluding hydrogens is 482 g/mol. The van der Waals surface area contributed by atoms with Crippen molar-refractivity contribution in [1.82, 2.24) is 14.8 Å². The van der Waals surface area contributed by atoms with Gasteiger partial charge in [-0.2, -0.15) is 5.10 Å². The molecule has 5 aliphatic rings. The maximum absolute atomic E-state index is 13.7. The smallest absolute Gasteiger partial charge is 0.340 e. The number of nitrogens with zero attached hydrogens (tertiary/aromatic N) is 5. The van der Waals surface area contributed by atoms with Gasteiger partial charge < -0.3 is 9.80 Å². The Balaban J connectivity index is 1.22.